The fourth-order valence-corrected chi connectivity index (χ4v) is 2.84. The Bertz CT molecular complexity index is 635. The lowest BCUT2D eigenvalue weighted by Crippen LogP contribution is -2.25. The van der Waals surface area contributed by atoms with E-state index in [0.29, 0.717) is 6.42 Å². The summed E-state index contributed by atoms with van der Waals surface area (Å²) in [5.74, 6) is -0.213. The molecule has 0 fully saturated rings. The second-order valence-corrected chi connectivity index (χ2v) is 6.11. The summed E-state index contributed by atoms with van der Waals surface area (Å²) in [6.07, 6.45) is 0.675. The summed E-state index contributed by atoms with van der Waals surface area (Å²) < 4.78 is 12.9. The van der Waals surface area contributed by atoms with Gasteiger partial charge in [-0.1, -0.05) is 26.0 Å². The molecule has 3 rings (SSSR count). The molecule has 4 heteroatoms. The summed E-state index contributed by atoms with van der Waals surface area (Å²) in [4.78, 5) is 2.22. The summed E-state index contributed by atoms with van der Waals surface area (Å²) >= 11 is 0. The van der Waals surface area contributed by atoms with Crippen molar-refractivity contribution in [3.63, 3.8) is 0 Å². The maximum absolute atomic E-state index is 12.9. The third-order valence-electron chi connectivity index (χ3n) is 3.81. The molecule has 3 nitrogen and oxygen atoms in total. The first-order valence-electron chi connectivity index (χ1n) is 6.78. The molecule has 0 saturated heterocycles. The largest absolute Gasteiger partial charge is 0.372 e. The first-order valence-corrected chi connectivity index (χ1v) is 6.78. The van der Waals surface area contributed by atoms with Crippen LogP contribution in [0, 0.1) is 5.82 Å². The normalized spacial score (nSPS) is 16.3. The standard InChI is InChI=1S/C16H18FN3/c1-16(2)10-20(3)14-9-13(18-19-15(14)16)8-11-4-6-12(17)7-5-11/h4-7,9H,8,10H2,1-3H3. The number of hydrogen-bond donors (Lipinski definition) is 0. The lowest BCUT2D eigenvalue weighted by Gasteiger charge is -2.16. The number of halogens is 1. The molecule has 0 atom stereocenters. The molecule has 2 heterocycles. The predicted octanol–water partition coefficient (Wildman–Crippen LogP) is 2.93. The highest BCUT2D eigenvalue weighted by Gasteiger charge is 2.35. The number of fused-ring (bicyclic) bond motifs is 1. The summed E-state index contributed by atoms with van der Waals surface area (Å²) in [7, 11) is 2.08. The zero-order valence-electron chi connectivity index (χ0n) is 12.0. The smallest absolute Gasteiger partial charge is 0.123 e. The van der Waals surface area contributed by atoms with Crippen LogP contribution in [-0.4, -0.2) is 23.8 Å². The number of hydrogen-bond acceptors (Lipinski definition) is 3. The Balaban J connectivity index is 1.90. The SMILES string of the molecule is CN1CC(C)(C)c2nnc(Cc3ccc(F)cc3)cc21. The van der Waals surface area contributed by atoms with Crippen LogP contribution in [0.2, 0.25) is 0 Å². The molecule has 0 N–H and O–H groups in total. The maximum atomic E-state index is 12.9. The molecule has 1 aromatic heterocycles. The van der Waals surface area contributed by atoms with E-state index in [1.54, 1.807) is 12.1 Å². The monoisotopic (exact) mass is 271 g/mol. The zero-order chi connectivity index (χ0) is 14.3. The van der Waals surface area contributed by atoms with Crippen molar-refractivity contribution in [2.75, 3.05) is 18.5 Å². The maximum Gasteiger partial charge on any atom is 0.123 e. The van der Waals surface area contributed by atoms with Crippen molar-refractivity contribution in [3.05, 3.63) is 53.1 Å². The average molecular weight is 271 g/mol. The van der Waals surface area contributed by atoms with Gasteiger partial charge >= 0.3 is 0 Å². The predicted molar refractivity (Wildman–Crippen MR) is 77.5 cm³/mol. The summed E-state index contributed by atoms with van der Waals surface area (Å²) in [6.45, 7) is 5.32. The Hall–Kier alpha value is -1.97. The molecule has 1 aromatic carbocycles. The Morgan fingerprint density at radius 3 is 2.60 bits per heavy atom. The van der Waals surface area contributed by atoms with Crippen molar-refractivity contribution in [1.82, 2.24) is 10.2 Å². The molecule has 0 spiro atoms. The molecule has 20 heavy (non-hydrogen) atoms. The number of likely N-dealkylation sites (N-methyl/N-ethyl adjacent to an activating group) is 1. The van der Waals surface area contributed by atoms with E-state index in [1.165, 1.54) is 12.1 Å². The van der Waals surface area contributed by atoms with E-state index >= 15 is 0 Å². The van der Waals surface area contributed by atoms with E-state index in [2.05, 4.69) is 42.1 Å². The fraction of sp³-hybridized carbons (Fsp3) is 0.375. The highest BCUT2D eigenvalue weighted by Crippen LogP contribution is 2.37. The van der Waals surface area contributed by atoms with Gasteiger partial charge < -0.3 is 4.90 Å². The quantitative estimate of drug-likeness (QED) is 0.841. The third kappa shape index (κ3) is 2.26. The summed E-state index contributed by atoms with van der Waals surface area (Å²) in [5.41, 5.74) is 4.22. The molecule has 1 aliphatic rings. The Morgan fingerprint density at radius 2 is 1.90 bits per heavy atom. The Morgan fingerprint density at radius 1 is 1.20 bits per heavy atom. The molecule has 1 aliphatic heterocycles. The van der Waals surface area contributed by atoms with Gasteiger partial charge in [0.1, 0.15) is 5.82 Å². The van der Waals surface area contributed by atoms with Gasteiger partial charge in [-0.3, -0.25) is 0 Å². The molecule has 0 saturated carbocycles. The second kappa shape index (κ2) is 4.54. The van der Waals surface area contributed by atoms with Crippen LogP contribution >= 0.6 is 0 Å². The van der Waals surface area contributed by atoms with Gasteiger partial charge in [-0.2, -0.15) is 10.2 Å². The molecule has 0 radical (unpaired) electrons. The van der Waals surface area contributed by atoms with Crippen molar-refractivity contribution >= 4 is 5.69 Å². The Kier molecular flexibility index (Phi) is 2.96. The minimum Gasteiger partial charge on any atom is -0.372 e. The van der Waals surface area contributed by atoms with Gasteiger partial charge in [-0.15, -0.1) is 0 Å². The van der Waals surface area contributed by atoms with Gasteiger partial charge in [0.05, 0.1) is 17.1 Å². The third-order valence-corrected chi connectivity index (χ3v) is 3.81. The highest BCUT2D eigenvalue weighted by atomic mass is 19.1. The van der Waals surface area contributed by atoms with Crippen LogP contribution in [0.5, 0.6) is 0 Å². The molecular weight excluding hydrogens is 253 g/mol. The van der Waals surface area contributed by atoms with E-state index in [0.717, 1.165) is 29.2 Å². The highest BCUT2D eigenvalue weighted by molar-refractivity contribution is 5.58. The van der Waals surface area contributed by atoms with Gasteiger partial charge in [-0.05, 0) is 23.8 Å². The van der Waals surface area contributed by atoms with Crippen molar-refractivity contribution in [3.8, 4) is 0 Å². The van der Waals surface area contributed by atoms with E-state index < -0.39 is 0 Å². The zero-order valence-corrected chi connectivity index (χ0v) is 12.0. The van der Waals surface area contributed by atoms with Gasteiger partial charge in [0, 0.05) is 25.4 Å². The Labute approximate surface area is 118 Å². The fourth-order valence-electron chi connectivity index (χ4n) is 2.84. The first-order chi connectivity index (χ1) is 9.45. The number of rotatable bonds is 2. The van der Waals surface area contributed by atoms with Crippen LogP contribution in [0.1, 0.15) is 30.8 Å². The van der Waals surface area contributed by atoms with Crippen molar-refractivity contribution < 1.29 is 4.39 Å². The van der Waals surface area contributed by atoms with Crippen LogP contribution in [-0.2, 0) is 11.8 Å². The number of aromatic nitrogens is 2. The molecule has 0 aliphatic carbocycles. The van der Waals surface area contributed by atoms with Crippen LogP contribution in [0.3, 0.4) is 0 Å². The summed E-state index contributed by atoms with van der Waals surface area (Å²) in [6, 6.07) is 8.63. The average Bonchev–Trinajstić information content (AvgIpc) is 2.62. The minimum atomic E-state index is -0.213. The van der Waals surface area contributed by atoms with Crippen LogP contribution in [0.25, 0.3) is 0 Å². The van der Waals surface area contributed by atoms with E-state index in [9.17, 15) is 4.39 Å². The molecular formula is C16H18FN3. The summed E-state index contributed by atoms with van der Waals surface area (Å²) in [5, 5.41) is 8.74. The van der Waals surface area contributed by atoms with E-state index in [1.807, 2.05) is 0 Å². The van der Waals surface area contributed by atoms with Crippen LogP contribution < -0.4 is 4.90 Å². The number of nitrogens with zero attached hydrogens (tertiary/aromatic N) is 3. The molecule has 0 amide bonds. The van der Waals surface area contributed by atoms with Gasteiger partial charge in [0.15, 0.2) is 0 Å². The van der Waals surface area contributed by atoms with Crippen molar-refractivity contribution in [2.45, 2.75) is 25.7 Å². The first kappa shape index (κ1) is 13.0. The van der Waals surface area contributed by atoms with Crippen molar-refractivity contribution in [1.29, 1.82) is 0 Å². The van der Waals surface area contributed by atoms with Crippen LogP contribution in [0.15, 0.2) is 30.3 Å². The lowest BCUT2D eigenvalue weighted by molar-refractivity contribution is 0.541. The lowest BCUT2D eigenvalue weighted by atomic mass is 9.91. The minimum absolute atomic E-state index is 0.0471. The molecule has 0 bridgehead atoms. The van der Waals surface area contributed by atoms with Gasteiger partial charge in [0.2, 0.25) is 0 Å². The van der Waals surface area contributed by atoms with E-state index in [4.69, 9.17) is 0 Å². The molecule has 104 valence electrons. The molecule has 0 unspecified atom stereocenters. The van der Waals surface area contributed by atoms with Crippen LogP contribution in [0.4, 0.5) is 10.1 Å². The molecule has 2 aromatic rings. The van der Waals surface area contributed by atoms with E-state index in [-0.39, 0.29) is 11.2 Å². The second-order valence-electron chi connectivity index (χ2n) is 6.11. The topological polar surface area (TPSA) is 29.0 Å². The van der Waals surface area contributed by atoms with Gasteiger partial charge in [0.25, 0.3) is 0 Å². The number of benzene rings is 1. The van der Waals surface area contributed by atoms with Gasteiger partial charge in [-0.25, -0.2) is 4.39 Å². The van der Waals surface area contributed by atoms with Crippen molar-refractivity contribution in [2.24, 2.45) is 0 Å². The number of anilines is 1.